The summed E-state index contributed by atoms with van der Waals surface area (Å²) < 4.78 is 19.1. The highest BCUT2D eigenvalue weighted by molar-refractivity contribution is 5.89. The Labute approximate surface area is 174 Å². The third-order valence-electron chi connectivity index (χ3n) is 5.21. The molecule has 0 spiro atoms. The number of piperidine rings is 1. The molecule has 2 N–H and O–H groups in total. The quantitative estimate of drug-likeness (QED) is 0.666. The molecule has 2 heterocycles. The van der Waals surface area contributed by atoms with E-state index in [1.54, 1.807) is 19.1 Å². The second-order valence-electron chi connectivity index (χ2n) is 7.49. The average Bonchev–Trinajstić information content (AvgIpc) is 3.21. The Morgan fingerprint density at radius 2 is 1.97 bits per heavy atom. The average molecular weight is 409 g/mol. The molecule has 2 aromatic carbocycles. The lowest BCUT2D eigenvalue weighted by Crippen LogP contribution is -2.45. The first-order chi connectivity index (χ1) is 14.6. The molecule has 2 amide bonds. The van der Waals surface area contributed by atoms with Crippen molar-refractivity contribution >= 4 is 11.7 Å². The van der Waals surface area contributed by atoms with Gasteiger partial charge in [0.25, 0.3) is 0 Å². The molecule has 1 aromatic heterocycles. The van der Waals surface area contributed by atoms with Crippen LogP contribution >= 0.6 is 0 Å². The van der Waals surface area contributed by atoms with E-state index in [-0.39, 0.29) is 17.9 Å². The number of nitrogens with zero attached hydrogens (tertiary/aromatic N) is 3. The lowest BCUT2D eigenvalue weighted by molar-refractivity contribution is 0.171. The number of para-hydroxylation sites is 1. The molecule has 0 unspecified atom stereocenters. The highest BCUT2D eigenvalue weighted by Crippen LogP contribution is 2.20. The Morgan fingerprint density at radius 3 is 2.70 bits per heavy atom. The molecule has 1 aliphatic rings. The molecule has 0 radical (unpaired) electrons. The van der Waals surface area contributed by atoms with Gasteiger partial charge in [-0.25, -0.2) is 9.18 Å². The molecule has 4 rings (SSSR count). The SMILES string of the molecule is Cc1ccc(-c2noc(CN3CCC(NC(=O)Nc4ccccc4)CC3)n2)cc1F. The molecule has 0 saturated carbocycles. The minimum absolute atomic E-state index is 0.124. The number of amides is 2. The minimum atomic E-state index is -0.287. The van der Waals surface area contributed by atoms with Gasteiger partial charge >= 0.3 is 6.03 Å². The van der Waals surface area contributed by atoms with Gasteiger partial charge in [-0.05, 0) is 43.5 Å². The topological polar surface area (TPSA) is 83.3 Å². The van der Waals surface area contributed by atoms with Crippen LogP contribution < -0.4 is 10.6 Å². The number of benzene rings is 2. The van der Waals surface area contributed by atoms with Crippen LogP contribution in [0.2, 0.25) is 0 Å². The molecule has 156 valence electrons. The molecule has 3 aromatic rings. The van der Waals surface area contributed by atoms with Crippen LogP contribution in [-0.2, 0) is 6.54 Å². The number of aromatic nitrogens is 2. The molecule has 7 nitrogen and oxygen atoms in total. The van der Waals surface area contributed by atoms with E-state index >= 15 is 0 Å². The monoisotopic (exact) mass is 409 g/mol. The van der Waals surface area contributed by atoms with Crippen molar-refractivity contribution in [3.8, 4) is 11.4 Å². The number of urea groups is 1. The van der Waals surface area contributed by atoms with Crippen LogP contribution in [0.3, 0.4) is 0 Å². The summed E-state index contributed by atoms with van der Waals surface area (Å²) in [5, 5.41) is 9.84. The summed E-state index contributed by atoms with van der Waals surface area (Å²) in [6, 6.07) is 14.2. The summed E-state index contributed by atoms with van der Waals surface area (Å²) in [4.78, 5) is 18.7. The fourth-order valence-corrected chi connectivity index (χ4v) is 3.47. The number of carbonyl (C=O) groups excluding carboxylic acids is 1. The summed E-state index contributed by atoms with van der Waals surface area (Å²) in [5.74, 6) is 0.599. The lowest BCUT2D eigenvalue weighted by Gasteiger charge is -2.31. The highest BCUT2D eigenvalue weighted by Gasteiger charge is 2.22. The molecule has 1 saturated heterocycles. The third-order valence-corrected chi connectivity index (χ3v) is 5.21. The van der Waals surface area contributed by atoms with E-state index in [9.17, 15) is 9.18 Å². The van der Waals surface area contributed by atoms with E-state index in [1.165, 1.54) is 6.07 Å². The molecule has 8 heteroatoms. The van der Waals surface area contributed by atoms with Crippen LogP contribution in [0, 0.1) is 12.7 Å². The van der Waals surface area contributed by atoms with Crippen molar-refractivity contribution < 1.29 is 13.7 Å². The summed E-state index contributed by atoms with van der Waals surface area (Å²) in [5.41, 5.74) is 1.95. The molecular weight excluding hydrogens is 385 g/mol. The summed E-state index contributed by atoms with van der Waals surface area (Å²) in [7, 11) is 0. The fraction of sp³-hybridized carbons (Fsp3) is 0.318. The van der Waals surface area contributed by atoms with Gasteiger partial charge in [0.05, 0.1) is 6.54 Å². The number of aryl methyl sites for hydroxylation is 1. The van der Waals surface area contributed by atoms with Crippen LogP contribution in [0.25, 0.3) is 11.4 Å². The van der Waals surface area contributed by atoms with Gasteiger partial charge in [-0.1, -0.05) is 35.5 Å². The number of hydrogen-bond donors (Lipinski definition) is 2. The van der Waals surface area contributed by atoms with Crippen molar-refractivity contribution in [2.45, 2.75) is 32.4 Å². The van der Waals surface area contributed by atoms with Crippen molar-refractivity contribution in [3.63, 3.8) is 0 Å². The van der Waals surface area contributed by atoms with Gasteiger partial charge in [0.15, 0.2) is 0 Å². The smallest absolute Gasteiger partial charge is 0.319 e. The summed E-state index contributed by atoms with van der Waals surface area (Å²) >= 11 is 0. The van der Waals surface area contributed by atoms with Crippen molar-refractivity contribution in [3.05, 3.63) is 65.8 Å². The first-order valence-electron chi connectivity index (χ1n) is 10.0. The predicted molar refractivity (Wildman–Crippen MR) is 111 cm³/mol. The van der Waals surface area contributed by atoms with Crippen LogP contribution in [0.5, 0.6) is 0 Å². The van der Waals surface area contributed by atoms with Crippen LogP contribution in [0.4, 0.5) is 14.9 Å². The van der Waals surface area contributed by atoms with E-state index in [1.807, 2.05) is 30.3 Å². The molecule has 0 atom stereocenters. The van der Waals surface area contributed by atoms with E-state index in [2.05, 4.69) is 25.7 Å². The second kappa shape index (κ2) is 9.04. The van der Waals surface area contributed by atoms with Gasteiger partial charge in [-0.15, -0.1) is 0 Å². The Balaban J connectivity index is 1.25. The van der Waals surface area contributed by atoms with E-state index in [4.69, 9.17) is 4.52 Å². The van der Waals surface area contributed by atoms with Crippen molar-refractivity contribution in [2.75, 3.05) is 18.4 Å². The number of rotatable bonds is 5. The van der Waals surface area contributed by atoms with Gasteiger partial charge in [0, 0.05) is 30.4 Å². The summed E-state index contributed by atoms with van der Waals surface area (Å²) in [6.45, 7) is 3.87. The molecule has 1 aliphatic heterocycles. The normalized spacial score (nSPS) is 15.1. The van der Waals surface area contributed by atoms with Gasteiger partial charge in [0.2, 0.25) is 11.7 Å². The first kappa shape index (κ1) is 20.0. The molecular formula is C22H24FN5O2. The maximum absolute atomic E-state index is 13.8. The van der Waals surface area contributed by atoms with Crippen molar-refractivity contribution in [1.82, 2.24) is 20.4 Å². The zero-order valence-electron chi connectivity index (χ0n) is 16.8. The van der Waals surface area contributed by atoms with Gasteiger partial charge in [0.1, 0.15) is 5.82 Å². The first-order valence-corrected chi connectivity index (χ1v) is 10.0. The molecule has 1 fully saturated rings. The zero-order chi connectivity index (χ0) is 20.9. The van der Waals surface area contributed by atoms with Crippen LogP contribution in [0.15, 0.2) is 53.1 Å². The number of likely N-dealkylation sites (tertiary alicyclic amines) is 1. The Morgan fingerprint density at radius 1 is 1.20 bits per heavy atom. The zero-order valence-corrected chi connectivity index (χ0v) is 16.8. The van der Waals surface area contributed by atoms with Crippen molar-refractivity contribution in [2.24, 2.45) is 0 Å². The molecule has 30 heavy (non-hydrogen) atoms. The maximum Gasteiger partial charge on any atom is 0.319 e. The van der Waals surface area contributed by atoms with Gasteiger partial charge < -0.3 is 15.2 Å². The number of nitrogens with one attached hydrogen (secondary N) is 2. The van der Waals surface area contributed by atoms with E-state index in [0.29, 0.717) is 29.4 Å². The number of halogens is 1. The predicted octanol–water partition coefficient (Wildman–Crippen LogP) is 3.97. The van der Waals surface area contributed by atoms with Gasteiger partial charge in [-0.3, -0.25) is 4.90 Å². The van der Waals surface area contributed by atoms with E-state index < -0.39 is 0 Å². The molecule has 0 bridgehead atoms. The third kappa shape index (κ3) is 5.01. The summed E-state index contributed by atoms with van der Waals surface area (Å²) in [6.07, 6.45) is 1.68. The second-order valence-corrected chi connectivity index (χ2v) is 7.49. The van der Waals surface area contributed by atoms with Crippen LogP contribution in [0.1, 0.15) is 24.3 Å². The largest absolute Gasteiger partial charge is 0.338 e. The number of carbonyl (C=O) groups is 1. The van der Waals surface area contributed by atoms with Crippen molar-refractivity contribution in [1.29, 1.82) is 0 Å². The maximum atomic E-state index is 13.8. The molecule has 0 aliphatic carbocycles. The lowest BCUT2D eigenvalue weighted by atomic mass is 10.1. The Kier molecular flexibility index (Phi) is 6.04. The van der Waals surface area contributed by atoms with Gasteiger partial charge in [-0.2, -0.15) is 4.98 Å². The number of anilines is 1. The Bertz CT molecular complexity index is 1000. The Hall–Kier alpha value is -3.26. The van der Waals surface area contributed by atoms with E-state index in [0.717, 1.165) is 31.6 Å². The standard InChI is InChI=1S/C22H24FN5O2/c1-15-7-8-16(13-19(15)23)21-26-20(30-27-21)14-28-11-9-18(10-12-28)25-22(29)24-17-5-3-2-4-6-17/h2-8,13,18H,9-12,14H2,1H3,(H2,24,25,29). The number of hydrogen-bond acceptors (Lipinski definition) is 5. The highest BCUT2D eigenvalue weighted by atomic mass is 19.1. The minimum Gasteiger partial charge on any atom is -0.338 e. The fourth-order valence-electron chi connectivity index (χ4n) is 3.47. The van der Waals surface area contributed by atoms with Crippen LogP contribution in [-0.4, -0.2) is 40.2 Å².